The van der Waals surface area contributed by atoms with E-state index in [0.717, 1.165) is 17.2 Å². The molecule has 0 radical (unpaired) electrons. The number of carbonyl (C=O) groups is 1. The smallest absolute Gasteiger partial charge is 0.240 e. The minimum atomic E-state index is -0.544. The first-order valence-corrected chi connectivity index (χ1v) is 8.50. The second-order valence-electron chi connectivity index (χ2n) is 6.85. The number of halogens is 2. The lowest BCUT2D eigenvalue weighted by molar-refractivity contribution is -0.134. The van der Waals surface area contributed by atoms with Gasteiger partial charge in [-0.25, -0.2) is 0 Å². The molecule has 2 aliphatic rings. The summed E-state index contributed by atoms with van der Waals surface area (Å²) >= 11 is 0. The number of amides is 1. The highest BCUT2D eigenvalue weighted by Crippen LogP contribution is 2.41. The number of fused-ring (bicyclic) bond motifs is 1. The summed E-state index contributed by atoms with van der Waals surface area (Å²) in [5, 5.41) is 8.67. The van der Waals surface area contributed by atoms with E-state index in [-0.39, 0.29) is 36.8 Å². The van der Waals surface area contributed by atoms with Gasteiger partial charge in [0, 0.05) is 24.9 Å². The summed E-state index contributed by atoms with van der Waals surface area (Å²) in [5.74, 6) is 2.50. The van der Waals surface area contributed by atoms with Crippen LogP contribution in [-0.4, -0.2) is 43.1 Å². The number of hydrogen-bond donors (Lipinski definition) is 1. The van der Waals surface area contributed by atoms with Gasteiger partial charge in [-0.3, -0.25) is 9.78 Å². The first-order valence-electron chi connectivity index (χ1n) is 8.50. The van der Waals surface area contributed by atoms with Crippen molar-refractivity contribution < 1.29 is 4.79 Å². The third kappa shape index (κ3) is 4.00. The molecule has 2 N–H and O–H groups in total. The highest BCUT2D eigenvalue weighted by atomic mass is 35.5. The molecule has 2 aromatic rings. The molecule has 1 saturated carbocycles. The minimum absolute atomic E-state index is 0. The van der Waals surface area contributed by atoms with Crippen molar-refractivity contribution in [3.8, 4) is 0 Å². The van der Waals surface area contributed by atoms with Gasteiger partial charge in [-0.15, -0.1) is 35.0 Å². The Morgan fingerprint density at radius 2 is 1.96 bits per heavy atom. The van der Waals surface area contributed by atoms with E-state index >= 15 is 0 Å². The summed E-state index contributed by atoms with van der Waals surface area (Å²) in [6.45, 7) is 3.27. The Balaban J connectivity index is 0.00000121. The molecular weight excluding hydrogens is 375 g/mol. The number of aromatic nitrogens is 4. The van der Waals surface area contributed by atoms with Crippen LogP contribution in [0.5, 0.6) is 0 Å². The quantitative estimate of drug-likeness (QED) is 0.848. The van der Waals surface area contributed by atoms with Crippen molar-refractivity contribution in [1.82, 2.24) is 24.6 Å². The normalized spacial score (nSPS) is 19.8. The van der Waals surface area contributed by atoms with E-state index in [0.29, 0.717) is 25.4 Å². The standard InChI is InChI=1S/C17H22N6O.2ClH/c1-11-9-22(10-15-20-21-16(23(11)15)13-2-3-13)17(24)14(18)8-12-4-6-19-7-5-12;;/h4-7,11,13-14H,2-3,8-10,18H2,1H3;2*1H/t11-,14-;;/m0../s1. The number of hydrogen-bond acceptors (Lipinski definition) is 5. The Morgan fingerprint density at radius 1 is 1.27 bits per heavy atom. The van der Waals surface area contributed by atoms with Gasteiger partial charge in [0.05, 0.1) is 18.6 Å². The number of pyridine rings is 1. The highest BCUT2D eigenvalue weighted by molar-refractivity contribution is 5.85. The first kappa shape index (κ1) is 20.6. The van der Waals surface area contributed by atoms with Crippen molar-refractivity contribution in [2.45, 2.75) is 50.7 Å². The molecule has 0 bridgehead atoms. The van der Waals surface area contributed by atoms with E-state index in [4.69, 9.17) is 5.73 Å². The summed E-state index contributed by atoms with van der Waals surface area (Å²) < 4.78 is 2.22. The van der Waals surface area contributed by atoms with Crippen LogP contribution in [0.25, 0.3) is 0 Å². The van der Waals surface area contributed by atoms with Crippen molar-refractivity contribution in [3.63, 3.8) is 0 Å². The molecule has 2 atom stereocenters. The van der Waals surface area contributed by atoms with E-state index in [1.54, 1.807) is 12.4 Å². The summed E-state index contributed by atoms with van der Waals surface area (Å²) in [6.07, 6.45) is 6.36. The van der Waals surface area contributed by atoms with Crippen LogP contribution in [0.2, 0.25) is 0 Å². The summed E-state index contributed by atoms with van der Waals surface area (Å²) in [5.41, 5.74) is 7.18. The fraction of sp³-hybridized carbons (Fsp3) is 0.529. The van der Waals surface area contributed by atoms with E-state index in [2.05, 4.69) is 26.7 Å². The van der Waals surface area contributed by atoms with Crippen molar-refractivity contribution in [2.24, 2.45) is 5.73 Å². The zero-order valence-corrected chi connectivity index (χ0v) is 16.2. The first-order chi connectivity index (χ1) is 11.6. The molecule has 26 heavy (non-hydrogen) atoms. The van der Waals surface area contributed by atoms with Crippen LogP contribution in [0.3, 0.4) is 0 Å². The Morgan fingerprint density at radius 3 is 2.62 bits per heavy atom. The maximum Gasteiger partial charge on any atom is 0.240 e. The monoisotopic (exact) mass is 398 g/mol. The fourth-order valence-corrected chi connectivity index (χ4v) is 3.44. The third-order valence-corrected chi connectivity index (χ3v) is 4.83. The van der Waals surface area contributed by atoms with Crippen LogP contribution < -0.4 is 5.73 Å². The van der Waals surface area contributed by atoms with E-state index in [1.807, 2.05) is 17.0 Å². The van der Waals surface area contributed by atoms with Crippen LogP contribution in [0.4, 0.5) is 0 Å². The van der Waals surface area contributed by atoms with Gasteiger partial charge in [-0.05, 0) is 43.9 Å². The van der Waals surface area contributed by atoms with E-state index in [9.17, 15) is 4.79 Å². The molecule has 142 valence electrons. The lowest BCUT2D eigenvalue weighted by Gasteiger charge is -2.34. The maximum atomic E-state index is 12.7. The van der Waals surface area contributed by atoms with Gasteiger partial charge < -0.3 is 15.2 Å². The minimum Gasteiger partial charge on any atom is -0.332 e. The average Bonchev–Trinajstić information content (AvgIpc) is 3.34. The molecule has 1 fully saturated rings. The second-order valence-corrected chi connectivity index (χ2v) is 6.85. The molecule has 0 aromatic carbocycles. The molecule has 2 aromatic heterocycles. The molecule has 0 saturated heterocycles. The Labute approximate surface area is 165 Å². The largest absolute Gasteiger partial charge is 0.332 e. The van der Waals surface area contributed by atoms with Crippen molar-refractivity contribution in [2.75, 3.05) is 6.54 Å². The molecule has 4 rings (SSSR count). The summed E-state index contributed by atoms with van der Waals surface area (Å²) in [7, 11) is 0. The van der Waals surface area contributed by atoms with Gasteiger partial charge in [0.2, 0.25) is 5.91 Å². The van der Waals surface area contributed by atoms with Crippen LogP contribution in [-0.2, 0) is 17.8 Å². The van der Waals surface area contributed by atoms with Gasteiger partial charge in [0.25, 0.3) is 0 Å². The number of nitrogens with zero attached hydrogens (tertiary/aromatic N) is 5. The van der Waals surface area contributed by atoms with E-state index in [1.165, 1.54) is 12.8 Å². The topological polar surface area (TPSA) is 89.9 Å². The van der Waals surface area contributed by atoms with Gasteiger partial charge in [-0.1, -0.05) is 0 Å². The predicted octanol–water partition coefficient (Wildman–Crippen LogP) is 1.87. The zero-order chi connectivity index (χ0) is 16.7. The molecule has 9 heteroatoms. The average molecular weight is 399 g/mol. The zero-order valence-electron chi connectivity index (χ0n) is 14.6. The molecule has 7 nitrogen and oxygen atoms in total. The molecule has 1 amide bonds. The van der Waals surface area contributed by atoms with Crippen LogP contribution in [0.1, 0.15) is 48.9 Å². The predicted molar refractivity (Wildman–Crippen MR) is 103 cm³/mol. The molecule has 1 aliphatic heterocycles. The van der Waals surface area contributed by atoms with Gasteiger partial charge in [0.1, 0.15) is 5.82 Å². The molecule has 3 heterocycles. The molecule has 0 unspecified atom stereocenters. The molecular formula is C17H24Cl2N6O. The Kier molecular flexibility index (Phi) is 6.60. The van der Waals surface area contributed by atoms with Gasteiger partial charge >= 0.3 is 0 Å². The van der Waals surface area contributed by atoms with Crippen LogP contribution >= 0.6 is 24.8 Å². The van der Waals surface area contributed by atoms with Crippen molar-refractivity contribution in [1.29, 1.82) is 0 Å². The Bertz CT molecular complexity index is 749. The van der Waals surface area contributed by atoms with Crippen molar-refractivity contribution >= 4 is 30.7 Å². The summed E-state index contributed by atoms with van der Waals surface area (Å²) in [6, 6.07) is 3.43. The van der Waals surface area contributed by atoms with Crippen LogP contribution in [0.15, 0.2) is 24.5 Å². The van der Waals surface area contributed by atoms with E-state index < -0.39 is 6.04 Å². The number of rotatable bonds is 4. The highest BCUT2D eigenvalue weighted by Gasteiger charge is 2.36. The van der Waals surface area contributed by atoms with Gasteiger partial charge in [0.15, 0.2) is 5.82 Å². The molecule has 0 spiro atoms. The molecule has 1 aliphatic carbocycles. The van der Waals surface area contributed by atoms with Gasteiger partial charge in [-0.2, -0.15) is 0 Å². The number of nitrogens with two attached hydrogens (primary N) is 1. The lowest BCUT2D eigenvalue weighted by atomic mass is 10.1. The summed E-state index contributed by atoms with van der Waals surface area (Å²) in [4.78, 5) is 18.5. The fourth-order valence-electron chi connectivity index (χ4n) is 3.44. The lowest BCUT2D eigenvalue weighted by Crippen LogP contribution is -2.48. The maximum absolute atomic E-state index is 12.7. The Hall–Kier alpha value is -1.70. The number of carbonyl (C=O) groups excluding carboxylic acids is 1. The SMILES string of the molecule is C[C@H]1CN(C(=O)[C@@H](N)Cc2ccncc2)Cc2nnc(C3CC3)n21.Cl.Cl. The second kappa shape index (κ2) is 8.33. The third-order valence-electron chi connectivity index (χ3n) is 4.83. The van der Waals surface area contributed by atoms with Crippen molar-refractivity contribution in [3.05, 3.63) is 41.7 Å². The van der Waals surface area contributed by atoms with Crippen LogP contribution in [0, 0.1) is 0 Å².